The highest BCUT2D eigenvalue weighted by Gasteiger charge is 2.16. The number of fused-ring (bicyclic) bond motifs is 1. The predicted octanol–water partition coefficient (Wildman–Crippen LogP) is 6.77. The molecular formula is C28H28BrN3O4. The Hall–Kier alpha value is -3.52. The molecule has 0 saturated carbocycles. The van der Waals surface area contributed by atoms with Gasteiger partial charge in [0, 0.05) is 16.0 Å². The molecule has 2 aromatic heterocycles. The number of rotatable bonds is 9. The largest absolute Gasteiger partial charge is 0.462 e. The minimum absolute atomic E-state index is 0.0437. The summed E-state index contributed by atoms with van der Waals surface area (Å²) in [5.41, 5.74) is 1.72. The molecule has 0 fully saturated rings. The number of aromatic nitrogens is 2. The van der Waals surface area contributed by atoms with Gasteiger partial charge in [0.1, 0.15) is 17.3 Å². The maximum atomic E-state index is 13.3. The summed E-state index contributed by atoms with van der Waals surface area (Å²) in [6.07, 6.45) is 4.15. The zero-order chi connectivity index (χ0) is 25.7. The van der Waals surface area contributed by atoms with Crippen molar-refractivity contribution in [2.75, 3.05) is 6.61 Å². The van der Waals surface area contributed by atoms with Crippen LogP contribution in [0.4, 0.5) is 0 Å². The van der Waals surface area contributed by atoms with Crippen molar-refractivity contribution in [2.24, 2.45) is 5.10 Å². The molecule has 36 heavy (non-hydrogen) atoms. The van der Waals surface area contributed by atoms with Gasteiger partial charge in [-0.2, -0.15) is 9.78 Å². The van der Waals surface area contributed by atoms with Crippen molar-refractivity contribution in [3.05, 3.63) is 86.6 Å². The highest BCUT2D eigenvalue weighted by molar-refractivity contribution is 9.10. The third kappa shape index (κ3) is 5.65. The van der Waals surface area contributed by atoms with Crippen LogP contribution in [0.3, 0.4) is 0 Å². The van der Waals surface area contributed by atoms with Gasteiger partial charge in [-0.3, -0.25) is 4.79 Å². The molecule has 0 aliphatic carbocycles. The van der Waals surface area contributed by atoms with E-state index in [0.717, 1.165) is 29.3 Å². The standard InChI is InChI=1S/C28H28BrN3O4/c1-4-6-15-35-28(34)20-9-7-19(8-10-20)25-14-12-22(36-25)17-30-32-26(18(3)5-2)31-24-13-11-21(29)16-23(24)27(32)33/h7-14,16-18H,4-6,15H2,1-3H3/t18-/m0/s1. The summed E-state index contributed by atoms with van der Waals surface area (Å²) in [5.74, 6) is 1.42. The summed E-state index contributed by atoms with van der Waals surface area (Å²) in [6, 6.07) is 16.1. The number of hydrogen-bond donors (Lipinski definition) is 0. The minimum Gasteiger partial charge on any atom is -0.462 e. The lowest BCUT2D eigenvalue weighted by Gasteiger charge is -2.13. The second-order valence-electron chi connectivity index (χ2n) is 8.57. The quantitative estimate of drug-likeness (QED) is 0.130. The highest BCUT2D eigenvalue weighted by atomic mass is 79.9. The van der Waals surface area contributed by atoms with E-state index in [9.17, 15) is 9.59 Å². The number of hydrogen-bond acceptors (Lipinski definition) is 6. The number of furan rings is 1. The molecule has 7 nitrogen and oxygen atoms in total. The number of nitrogens with zero attached hydrogens (tertiary/aromatic N) is 3. The molecule has 0 aliphatic rings. The van der Waals surface area contributed by atoms with Crippen molar-refractivity contribution in [1.29, 1.82) is 0 Å². The van der Waals surface area contributed by atoms with Crippen LogP contribution < -0.4 is 5.56 Å². The van der Waals surface area contributed by atoms with E-state index in [4.69, 9.17) is 14.1 Å². The Balaban J connectivity index is 1.59. The minimum atomic E-state index is -0.333. The fraction of sp³-hybridized carbons (Fsp3) is 0.286. The van der Waals surface area contributed by atoms with Gasteiger partial charge >= 0.3 is 5.97 Å². The third-order valence-electron chi connectivity index (χ3n) is 5.95. The maximum Gasteiger partial charge on any atom is 0.338 e. The predicted molar refractivity (Wildman–Crippen MR) is 145 cm³/mol. The number of unbranched alkanes of at least 4 members (excludes halogenated alkanes) is 1. The summed E-state index contributed by atoms with van der Waals surface area (Å²) in [4.78, 5) is 30.1. The van der Waals surface area contributed by atoms with Crippen molar-refractivity contribution >= 4 is 39.0 Å². The molecule has 0 amide bonds. The van der Waals surface area contributed by atoms with Gasteiger partial charge in [0.25, 0.3) is 5.56 Å². The molecule has 0 aliphatic heterocycles. The van der Waals surface area contributed by atoms with Gasteiger partial charge in [0.05, 0.1) is 29.3 Å². The lowest BCUT2D eigenvalue weighted by molar-refractivity contribution is 0.0499. The van der Waals surface area contributed by atoms with Crippen molar-refractivity contribution in [1.82, 2.24) is 9.66 Å². The van der Waals surface area contributed by atoms with Crippen LogP contribution in [0.1, 0.15) is 67.9 Å². The first-order valence-electron chi connectivity index (χ1n) is 12.0. The molecule has 186 valence electrons. The maximum absolute atomic E-state index is 13.3. The molecule has 1 atom stereocenters. The Morgan fingerprint density at radius 1 is 1.17 bits per heavy atom. The van der Waals surface area contributed by atoms with Gasteiger partial charge in [-0.05, 0) is 55.3 Å². The molecule has 0 unspecified atom stereocenters. The van der Waals surface area contributed by atoms with Crippen molar-refractivity contribution in [2.45, 2.75) is 46.0 Å². The number of carbonyl (C=O) groups excluding carboxylic acids is 1. The van der Waals surface area contributed by atoms with Crippen LogP contribution >= 0.6 is 15.9 Å². The average molecular weight is 550 g/mol. The van der Waals surface area contributed by atoms with E-state index in [1.165, 1.54) is 10.9 Å². The zero-order valence-electron chi connectivity index (χ0n) is 20.5. The molecule has 4 aromatic rings. The fourth-order valence-corrected chi connectivity index (χ4v) is 4.00. The second kappa shape index (κ2) is 11.5. The van der Waals surface area contributed by atoms with E-state index >= 15 is 0 Å². The van der Waals surface area contributed by atoms with Gasteiger partial charge < -0.3 is 9.15 Å². The SMILES string of the molecule is CCCCOC(=O)c1ccc(-c2ccc(C=Nn3c([C@@H](C)CC)nc4ccc(Br)cc4c3=O)o2)cc1. The highest BCUT2D eigenvalue weighted by Crippen LogP contribution is 2.23. The van der Waals surface area contributed by atoms with Crippen molar-refractivity contribution < 1.29 is 13.9 Å². The fourth-order valence-electron chi connectivity index (χ4n) is 3.63. The van der Waals surface area contributed by atoms with Crippen LogP contribution in [0.25, 0.3) is 22.2 Å². The Bertz CT molecular complexity index is 1450. The number of esters is 1. The molecule has 2 aromatic carbocycles. The Kier molecular flexibility index (Phi) is 8.15. The molecule has 0 N–H and O–H groups in total. The number of halogens is 1. The van der Waals surface area contributed by atoms with Crippen LogP contribution in [-0.2, 0) is 4.74 Å². The Morgan fingerprint density at radius 3 is 2.67 bits per heavy atom. The third-order valence-corrected chi connectivity index (χ3v) is 6.44. The van der Waals surface area contributed by atoms with E-state index in [0.29, 0.717) is 40.4 Å². The van der Waals surface area contributed by atoms with Gasteiger partial charge in [0.15, 0.2) is 0 Å². The molecule has 0 radical (unpaired) electrons. The van der Waals surface area contributed by atoms with E-state index in [1.807, 2.05) is 51.1 Å². The van der Waals surface area contributed by atoms with Crippen LogP contribution in [0.5, 0.6) is 0 Å². The number of ether oxygens (including phenoxy) is 1. The molecule has 0 saturated heterocycles. The van der Waals surface area contributed by atoms with Gasteiger partial charge in [0.2, 0.25) is 0 Å². The summed E-state index contributed by atoms with van der Waals surface area (Å²) in [6.45, 7) is 6.54. The smallest absolute Gasteiger partial charge is 0.338 e. The summed E-state index contributed by atoms with van der Waals surface area (Å²) in [7, 11) is 0. The first-order chi connectivity index (χ1) is 17.4. The summed E-state index contributed by atoms with van der Waals surface area (Å²) in [5, 5.41) is 4.94. The van der Waals surface area contributed by atoms with Gasteiger partial charge in [-0.15, -0.1) is 0 Å². The number of benzene rings is 2. The van der Waals surface area contributed by atoms with Crippen molar-refractivity contribution in [3.8, 4) is 11.3 Å². The average Bonchev–Trinajstić information content (AvgIpc) is 3.37. The Morgan fingerprint density at radius 2 is 1.94 bits per heavy atom. The molecule has 0 spiro atoms. The van der Waals surface area contributed by atoms with E-state index < -0.39 is 0 Å². The van der Waals surface area contributed by atoms with Crippen LogP contribution in [0, 0.1) is 0 Å². The second-order valence-corrected chi connectivity index (χ2v) is 9.49. The Labute approximate surface area is 217 Å². The van der Waals surface area contributed by atoms with E-state index in [2.05, 4.69) is 21.0 Å². The lowest BCUT2D eigenvalue weighted by Crippen LogP contribution is -2.23. The topological polar surface area (TPSA) is 86.7 Å². The molecule has 0 bridgehead atoms. The molecular weight excluding hydrogens is 522 g/mol. The molecule has 8 heteroatoms. The summed E-state index contributed by atoms with van der Waals surface area (Å²) < 4.78 is 13.3. The molecule has 4 rings (SSSR count). The van der Waals surface area contributed by atoms with Crippen molar-refractivity contribution in [3.63, 3.8) is 0 Å². The first kappa shape index (κ1) is 25.6. The van der Waals surface area contributed by atoms with Crippen LogP contribution in [-0.4, -0.2) is 28.5 Å². The monoisotopic (exact) mass is 549 g/mol. The van der Waals surface area contributed by atoms with E-state index in [-0.39, 0.29) is 17.4 Å². The first-order valence-corrected chi connectivity index (χ1v) is 12.8. The number of carbonyl (C=O) groups is 1. The summed E-state index contributed by atoms with van der Waals surface area (Å²) >= 11 is 3.42. The van der Waals surface area contributed by atoms with Gasteiger partial charge in [-0.1, -0.05) is 55.3 Å². The van der Waals surface area contributed by atoms with Gasteiger partial charge in [-0.25, -0.2) is 9.78 Å². The lowest BCUT2D eigenvalue weighted by atomic mass is 10.1. The van der Waals surface area contributed by atoms with E-state index in [1.54, 1.807) is 24.3 Å². The van der Waals surface area contributed by atoms with Crippen LogP contribution in [0.15, 0.2) is 73.4 Å². The zero-order valence-corrected chi connectivity index (χ0v) is 22.1. The normalized spacial score (nSPS) is 12.3. The van der Waals surface area contributed by atoms with Crippen LogP contribution in [0.2, 0.25) is 0 Å². The molecule has 2 heterocycles.